The number of halogens is 2. The van der Waals surface area contributed by atoms with Crippen molar-refractivity contribution in [3.63, 3.8) is 0 Å². The van der Waals surface area contributed by atoms with Gasteiger partial charge in [0.15, 0.2) is 0 Å². The van der Waals surface area contributed by atoms with Crippen molar-refractivity contribution in [3.8, 4) is 0 Å². The van der Waals surface area contributed by atoms with Crippen LogP contribution in [0, 0.1) is 5.92 Å². The van der Waals surface area contributed by atoms with Gasteiger partial charge in [-0.2, -0.15) is 0 Å². The van der Waals surface area contributed by atoms with Crippen molar-refractivity contribution in [2.45, 2.75) is 25.8 Å². The quantitative estimate of drug-likeness (QED) is 0.792. The second-order valence-electron chi connectivity index (χ2n) is 6.55. The molecule has 2 aromatic carbocycles. The van der Waals surface area contributed by atoms with E-state index in [2.05, 4.69) is 5.32 Å². The molecular weight excluding hydrogens is 371 g/mol. The number of nitrogens with zero attached hydrogens (tertiary/aromatic N) is 1. The zero-order valence-corrected chi connectivity index (χ0v) is 16.1. The van der Waals surface area contributed by atoms with Crippen LogP contribution < -0.4 is 10.2 Å². The van der Waals surface area contributed by atoms with Crippen molar-refractivity contribution >= 4 is 40.7 Å². The monoisotopic (exact) mass is 390 g/mol. The lowest BCUT2D eigenvalue weighted by Gasteiger charge is -2.22. The standard InChI is InChI=1S/C20H20Cl2N2O2/c1-12(15-10-9-14(21)11-17(15)22)23-19(25)16-5-3-4-6-18(16)24(2)20(26)13-7-8-13/h3-6,9-13H,7-8H2,1-2H3,(H,23,25)/t12-/m0/s1. The van der Waals surface area contributed by atoms with Crippen molar-refractivity contribution in [3.05, 3.63) is 63.6 Å². The van der Waals surface area contributed by atoms with E-state index in [0.29, 0.717) is 21.3 Å². The minimum absolute atomic E-state index is 0.0547. The molecule has 4 nitrogen and oxygen atoms in total. The molecule has 0 aromatic heterocycles. The van der Waals surface area contributed by atoms with Crippen LogP contribution >= 0.6 is 23.2 Å². The third-order valence-electron chi connectivity index (χ3n) is 4.54. The van der Waals surface area contributed by atoms with Crippen molar-refractivity contribution in [1.82, 2.24) is 5.32 Å². The van der Waals surface area contributed by atoms with Gasteiger partial charge in [0.05, 0.1) is 17.3 Å². The van der Waals surface area contributed by atoms with Crippen LogP contribution in [0.1, 0.15) is 41.7 Å². The molecule has 1 aliphatic carbocycles. The molecule has 3 rings (SSSR count). The van der Waals surface area contributed by atoms with E-state index in [9.17, 15) is 9.59 Å². The van der Waals surface area contributed by atoms with Gasteiger partial charge in [-0.25, -0.2) is 0 Å². The van der Waals surface area contributed by atoms with Gasteiger partial charge < -0.3 is 10.2 Å². The van der Waals surface area contributed by atoms with Crippen molar-refractivity contribution in [2.24, 2.45) is 5.92 Å². The van der Waals surface area contributed by atoms with Crippen LogP contribution in [0.3, 0.4) is 0 Å². The van der Waals surface area contributed by atoms with Crippen molar-refractivity contribution in [1.29, 1.82) is 0 Å². The largest absolute Gasteiger partial charge is 0.345 e. The number of hydrogen-bond donors (Lipinski definition) is 1. The van der Waals surface area contributed by atoms with Crippen LogP contribution in [0.2, 0.25) is 10.0 Å². The highest BCUT2D eigenvalue weighted by Gasteiger charge is 2.33. The lowest BCUT2D eigenvalue weighted by molar-refractivity contribution is -0.119. The Balaban J connectivity index is 1.80. The van der Waals surface area contributed by atoms with Gasteiger partial charge in [-0.1, -0.05) is 41.4 Å². The second-order valence-corrected chi connectivity index (χ2v) is 7.39. The van der Waals surface area contributed by atoms with E-state index < -0.39 is 0 Å². The highest BCUT2D eigenvalue weighted by molar-refractivity contribution is 6.35. The van der Waals surface area contributed by atoms with Crippen LogP contribution in [0.4, 0.5) is 5.69 Å². The minimum Gasteiger partial charge on any atom is -0.345 e. The van der Waals surface area contributed by atoms with Crippen molar-refractivity contribution < 1.29 is 9.59 Å². The molecule has 26 heavy (non-hydrogen) atoms. The molecule has 1 N–H and O–H groups in total. The normalized spacial score (nSPS) is 14.6. The van der Waals surface area contributed by atoms with Crippen LogP contribution in [-0.4, -0.2) is 18.9 Å². The third-order valence-corrected chi connectivity index (χ3v) is 5.11. The van der Waals surface area contributed by atoms with Crippen LogP contribution in [0.5, 0.6) is 0 Å². The Morgan fingerprint density at radius 2 is 1.85 bits per heavy atom. The zero-order chi connectivity index (χ0) is 18.8. The van der Waals surface area contributed by atoms with E-state index in [1.165, 1.54) is 0 Å². The van der Waals surface area contributed by atoms with Crippen molar-refractivity contribution in [2.75, 3.05) is 11.9 Å². The lowest BCUT2D eigenvalue weighted by Crippen LogP contribution is -2.32. The highest BCUT2D eigenvalue weighted by atomic mass is 35.5. The maximum atomic E-state index is 12.8. The number of amides is 2. The first kappa shape index (κ1) is 18.7. The zero-order valence-electron chi connectivity index (χ0n) is 14.6. The summed E-state index contributed by atoms with van der Waals surface area (Å²) in [6.45, 7) is 1.86. The molecule has 6 heteroatoms. The average Bonchev–Trinajstić information content (AvgIpc) is 3.45. The Kier molecular flexibility index (Phi) is 5.54. The molecular formula is C20H20Cl2N2O2. The van der Waals surface area contributed by atoms with E-state index in [4.69, 9.17) is 23.2 Å². The molecule has 0 bridgehead atoms. The molecule has 0 heterocycles. The van der Waals surface area contributed by atoms with Crippen LogP contribution in [0.25, 0.3) is 0 Å². The molecule has 136 valence electrons. The van der Waals surface area contributed by atoms with Gasteiger partial charge in [0.1, 0.15) is 0 Å². The number of para-hydroxylation sites is 1. The van der Waals surface area contributed by atoms with E-state index in [1.54, 1.807) is 48.3 Å². The fourth-order valence-electron chi connectivity index (χ4n) is 2.89. The van der Waals surface area contributed by atoms with Gasteiger partial charge in [-0.3, -0.25) is 9.59 Å². The predicted octanol–water partition coefficient (Wildman–Crippen LogP) is 4.86. The number of benzene rings is 2. The average molecular weight is 391 g/mol. The van der Waals surface area contributed by atoms with Gasteiger partial charge in [-0.05, 0) is 49.6 Å². The first-order valence-electron chi connectivity index (χ1n) is 8.51. The SMILES string of the molecule is C[C@H](NC(=O)c1ccccc1N(C)C(=O)C1CC1)c1ccc(Cl)cc1Cl. The molecule has 0 radical (unpaired) electrons. The van der Waals surface area contributed by atoms with Gasteiger partial charge in [0.25, 0.3) is 5.91 Å². The topological polar surface area (TPSA) is 49.4 Å². The number of carbonyl (C=O) groups excluding carboxylic acids is 2. The van der Waals surface area contributed by atoms with E-state index >= 15 is 0 Å². The summed E-state index contributed by atoms with van der Waals surface area (Å²) in [6, 6.07) is 12.0. The summed E-state index contributed by atoms with van der Waals surface area (Å²) in [6.07, 6.45) is 1.84. The Labute approximate surface area is 163 Å². The Hall–Kier alpha value is -2.04. The van der Waals surface area contributed by atoms with Gasteiger partial charge >= 0.3 is 0 Å². The molecule has 0 aliphatic heterocycles. The number of nitrogens with one attached hydrogen (secondary N) is 1. The van der Waals surface area contributed by atoms with E-state index in [1.807, 2.05) is 13.0 Å². The second kappa shape index (κ2) is 7.68. The summed E-state index contributed by atoms with van der Waals surface area (Å²) < 4.78 is 0. The van der Waals surface area contributed by atoms with E-state index in [-0.39, 0.29) is 23.8 Å². The van der Waals surface area contributed by atoms with Crippen LogP contribution in [-0.2, 0) is 4.79 Å². The Morgan fingerprint density at radius 1 is 1.15 bits per heavy atom. The number of hydrogen-bond acceptors (Lipinski definition) is 2. The number of carbonyl (C=O) groups is 2. The highest BCUT2D eigenvalue weighted by Crippen LogP contribution is 2.33. The fourth-order valence-corrected chi connectivity index (χ4v) is 3.46. The first-order chi connectivity index (χ1) is 12.4. The number of rotatable bonds is 5. The molecule has 1 fully saturated rings. The smallest absolute Gasteiger partial charge is 0.253 e. The Morgan fingerprint density at radius 3 is 2.50 bits per heavy atom. The van der Waals surface area contributed by atoms with E-state index in [0.717, 1.165) is 18.4 Å². The summed E-state index contributed by atoms with van der Waals surface area (Å²) in [5.41, 5.74) is 1.85. The molecule has 0 spiro atoms. The first-order valence-corrected chi connectivity index (χ1v) is 9.26. The molecule has 2 aromatic rings. The molecule has 0 saturated heterocycles. The van der Waals surface area contributed by atoms with Gasteiger partial charge in [0.2, 0.25) is 5.91 Å². The molecule has 1 saturated carbocycles. The molecule has 1 atom stereocenters. The van der Waals surface area contributed by atoms with Gasteiger partial charge in [-0.15, -0.1) is 0 Å². The molecule has 0 unspecified atom stereocenters. The lowest BCUT2D eigenvalue weighted by atomic mass is 10.1. The molecule has 2 amide bonds. The summed E-state index contributed by atoms with van der Waals surface area (Å²) in [5.74, 6) is -0.114. The predicted molar refractivity (Wildman–Crippen MR) is 105 cm³/mol. The summed E-state index contributed by atoms with van der Waals surface area (Å²) in [7, 11) is 1.71. The fraction of sp³-hybridized carbons (Fsp3) is 0.300. The third kappa shape index (κ3) is 4.02. The van der Waals surface area contributed by atoms with Gasteiger partial charge in [0, 0.05) is 23.0 Å². The minimum atomic E-state index is -0.301. The maximum absolute atomic E-state index is 12.8. The number of anilines is 1. The summed E-state index contributed by atoms with van der Waals surface area (Å²) in [4.78, 5) is 26.8. The Bertz CT molecular complexity index is 849. The maximum Gasteiger partial charge on any atom is 0.253 e. The molecule has 1 aliphatic rings. The van der Waals surface area contributed by atoms with Crippen LogP contribution in [0.15, 0.2) is 42.5 Å². The summed E-state index contributed by atoms with van der Waals surface area (Å²) in [5, 5.41) is 3.99. The summed E-state index contributed by atoms with van der Waals surface area (Å²) >= 11 is 12.2.